The molecule has 2 aromatic carbocycles. The summed E-state index contributed by atoms with van der Waals surface area (Å²) >= 11 is 7.30. The second kappa shape index (κ2) is 11.2. The Balaban J connectivity index is 1.51. The van der Waals surface area contributed by atoms with Gasteiger partial charge in [0.2, 0.25) is 14.2 Å². The normalized spacial score (nSPS) is 27.4. The van der Waals surface area contributed by atoms with Gasteiger partial charge < -0.3 is 24.8 Å². The summed E-state index contributed by atoms with van der Waals surface area (Å²) in [4.78, 5) is 0. The van der Waals surface area contributed by atoms with Crippen molar-refractivity contribution < 1.29 is 33.2 Å². The number of aliphatic hydroxyl groups is 3. The van der Waals surface area contributed by atoms with Crippen molar-refractivity contribution in [3.63, 3.8) is 0 Å². The second-order valence-corrected chi connectivity index (χ2v) is 12.1. The van der Waals surface area contributed by atoms with E-state index in [1.54, 1.807) is 18.2 Å². The molecule has 0 radical (unpaired) electrons. The molecular formula is C24H27ClN2O7S2. The molecule has 1 saturated heterocycles. The standard InChI is InChI=1S/C24H27ClN2O7S2/c1-3-33-17-7-4-14(5-8-17)10-16-11-15(6-9-18(16)25)23-22(30)21(29)20(28)19(34-23)12-35-24-27-26-13(2)36(24,31)32/h4-9,11,19-23,28-30H,3,10,12H2,1-2H3/t19-,20-,21+,22-,23+/m1/s1. The lowest BCUT2D eigenvalue weighted by Gasteiger charge is -2.41. The third kappa shape index (κ3) is 5.62. The summed E-state index contributed by atoms with van der Waals surface area (Å²) in [7, 11) is -3.73. The van der Waals surface area contributed by atoms with Crippen LogP contribution in [0.3, 0.4) is 0 Å². The Kier molecular flexibility index (Phi) is 8.40. The van der Waals surface area contributed by atoms with Crippen LogP contribution in [0.1, 0.15) is 36.6 Å². The van der Waals surface area contributed by atoms with E-state index in [4.69, 9.17) is 21.1 Å². The molecule has 1 fully saturated rings. The molecule has 0 saturated carbocycles. The number of benzene rings is 2. The fraction of sp³-hybridized carbons (Fsp3) is 0.417. The van der Waals surface area contributed by atoms with Crippen LogP contribution in [0.2, 0.25) is 5.02 Å². The number of thioether (sulfide) groups is 1. The summed E-state index contributed by atoms with van der Waals surface area (Å²) in [6, 6.07) is 12.8. The topological polar surface area (TPSA) is 138 Å². The maximum absolute atomic E-state index is 12.2. The van der Waals surface area contributed by atoms with Gasteiger partial charge in [0.1, 0.15) is 30.2 Å². The zero-order valence-electron chi connectivity index (χ0n) is 19.6. The monoisotopic (exact) mass is 554 g/mol. The molecule has 0 bridgehead atoms. The zero-order chi connectivity index (χ0) is 26.0. The molecule has 0 aromatic heterocycles. The Morgan fingerprint density at radius 2 is 1.78 bits per heavy atom. The largest absolute Gasteiger partial charge is 0.494 e. The van der Waals surface area contributed by atoms with Crippen molar-refractivity contribution in [2.24, 2.45) is 10.2 Å². The highest BCUT2D eigenvalue weighted by molar-refractivity contribution is 8.40. The highest BCUT2D eigenvalue weighted by atomic mass is 35.5. The summed E-state index contributed by atoms with van der Waals surface area (Å²) in [5.41, 5.74) is 2.36. The molecule has 0 unspecified atom stereocenters. The van der Waals surface area contributed by atoms with E-state index in [2.05, 4.69) is 10.2 Å². The molecule has 2 aliphatic heterocycles. The fourth-order valence-electron chi connectivity index (χ4n) is 3.97. The Morgan fingerprint density at radius 3 is 2.42 bits per heavy atom. The molecule has 2 aromatic rings. The first-order chi connectivity index (χ1) is 17.1. The summed E-state index contributed by atoms with van der Waals surface area (Å²) in [6.07, 6.45) is -5.75. The average Bonchev–Trinajstić information content (AvgIpc) is 3.11. The fourth-order valence-corrected chi connectivity index (χ4v) is 6.57. The van der Waals surface area contributed by atoms with Crippen molar-refractivity contribution in [1.82, 2.24) is 0 Å². The van der Waals surface area contributed by atoms with Gasteiger partial charge in [-0.2, -0.15) is 0 Å². The molecule has 3 N–H and O–H groups in total. The summed E-state index contributed by atoms with van der Waals surface area (Å²) < 4.78 is 35.7. The Hall–Kier alpha value is -1.99. The number of hydrogen-bond acceptors (Lipinski definition) is 10. The highest BCUT2D eigenvalue weighted by Gasteiger charge is 2.45. The van der Waals surface area contributed by atoms with E-state index in [0.29, 0.717) is 23.6 Å². The molecule has 0 amide bonds. The van der Waals surface area contributed by atoms with E-state index >= 15 is 0 Å². The number of sulfone groups is 1. The van der Waals surface area contributed by atoms with Crippen molar-refractivity contribution >= 4 is 42.6 Å². The molecule has 2 aliphatic rings. The van der Waals surface area contributed by atoms with Gasteiger partial charge in [-0.1, -0.05) is 47.6 Å². The minimum absolute atomic E-state index is 0.0189. The predicted octanol–water partition coefficient (Wildman–Crippen LogP) is 2.70. The molecule has 12 heteroatoms. The smallest absolute Gasteiger partial charge is 0.246 e. The van der Waals surface area contributed by atoms with Crippen molar-refractivity contribution in [2.75, 3.05) is 12.4 Å². The van der Waals surface area contributed by atoms with Crippen LogP contribution in [0.25, 0.3) is 0 Å². The van der Waals surface area contributed by atoms with Crippen molar-refractivity contribution in [3.8, 4) is 5.75 Å². The molecule has 194 valence electrons. The Labute approximate surface area is 218 Å². The minimum atomic E-state index is -3.73. The molecule has 9 nitrogen and oxygen atoms in total. The van der Waals surface area contributed by atoms with Crippen LogP contribution in [0, 0.1) is 0 Å². The number of rotatable bonds is 7. The van der Waals surface area contributed by atoms with Crippen LogP contribution in [0.4, 0.5) is 0 Å². The van der Waals surface area contributed by atoms with E-state index in [0.717, 1.165) is 28.6 Å². The number of nitrogens with zero attached hydrogens (tertiary/aromatic N) is 2. The number of ether oxygens (including phenoxy) is 2. The van der Waals surface area contributed by atoms with Crippen molar-refractivity contribution in [2.45, 2.75) is 50.8 Å². The van der Waals surface area contributed by atoms with Gasteiger partial charge in [0.15, 0.2) is 5.04 Å². The SMILES string of the molecule is CCOc1ccc(Cc2cc([C@@H]3O[C@H](CSC4=NN=C(C)S4(=O)=O)[C@@H](O)[C@H](O)[C@H]3O)ccc2Cl)cc1. The van der Waals surface area contributed by atoms with Gasteiger partial charge in [-0.15, -0.1) is 10.2 Å². The van der Waals surface area contributed by atoms with Gasteiger partial charge in [0.05, 0.1) is 12.7 Å². The highest BCUT2D eigenvalue weighted by Crippen LogP contribution is 2.36. The lowest BCUT2D eigenvalue weighted by Crippen LogP contribution is -2.55. The molecular weight excluding hydrogens is 528 g/mol. The number of halogens is 1. The van der Waals surface area contributed by atoms with Gasteiger partial charge >= 0.3 is 0 Å². The molecule has 0 aliphatic carbocycles. The summed E-state index contributed by atoms with van der Waals surface area (Å²) in [6.45, 7) is 3.84. The van der Waals surface area contributed by atoms with E-state index in [-0.39, 0.29) is 15.2 Å². The van der Waals surface area contributed by atoms with E-state index in [9.17, 15) is 23.7 Å². The van der Waals surface area contributed by atoms with Crippen LogP contribution in [0.15, 0.2) is 52.7 Å². The maximum atomic E-state index is 12.2. The molecule has 4 rings (SSSR count). The Morgan fingerprint density at radius 1 is 1.06 bits per heavy atom. The van der Waals surface area contributed by atoms with Gasteiger partial charge in [-0.05, 0) is 55.2 Å². The van der Waals surface area contributed by atoms with E-state index < -0.39 is 40.4 Å². The maximum Gasteiger partial charge on any atom is 0.246 e. The van der Waals surface area contributed by atoms with Crippen molar-refractivity contribution in [1.29, 1.82) is 0 Å². The summed E-state index contributed by atoms with van der Waals surface area (Å²) in [5, 5.41) is 39.4. The molecule has 0 spiro atoms. The van der Waals surface area contributed by atoms with Gasteiger partial charge in [0, 0.05) is 10.8 Å². The van der Waals surface area contributed by atoms with Crippen LogP contribution in [0.5, 0.6) is 5.75 Å². The third-order valence-corrected chi connectivity index (χ3v) is 9.61. The minimum Gasteiger partial charge on any atom is -0.494 e. The van der Waals surface area contributed by atoms with Crippen LogP contribution < -0.4 is 4.74 Å². The quantitative estimate of drug-likeness (QED) is 0.475. The predicted molar refractivity (Wildman–Crippen MR) is 139 cm³/mol. The number of aliphatic hydroxyl groups excluding tert-OH is 3. The second-order valence-electron chi connectivity index (χ2n) is 8.47. The summed E-state index contributed by atoms with van der Waals surface area (Å²) in [5.74, 6) is 0.754. The first-order valence-electron chi connectivity index (χ1n) is 11.3. The van der Waals surface area contributed by atoms with Gasteiger partial charge in [0.25, 0.3) is 0 Å². The number of hydrogen-bond donors (Lipinski definition) is 3. The van der Waals surface area contributed by atoms with E-state index in [1.165, 1.54) is 6.92 Å². The first kappa shape index (κ1) is 27.1. The zero-order valence-corrected chi connectivity index (χ0v) is 22.0. The van der Waals surface area contributed by atoms with E-state index in [1.807, 2.05) is 31.2 Å². The lowest BCUT2D eigenvalue weighted by molar-refractivity contribution is -0.218. The molecule has 2 heterocycles. The van der Waals surface area contributed by atoms with Crippen LogP contribution >= 0.6 is 23.4 Å². The molecule has 5 atom stereocenters. The van der Waals surface area contributed by atoms with Crippen LogP contribution in [-0.4, -0.2) is 69.9 Å². The average molecular weight is 555 g/mol. The molecule has 36 heavy (non-hydrogen) atoms. The van der Waals surface area contributed by atoms with Gasteiger partial charge in [-0.25, -0.2) is 8.42 Å². The van der Waals surface area contributed by atoms with Gasteiger partial charge in [-0.3, -0.25) is 0 Å². The Bertz CT molecular complexity index is 1270. The van der Waals surface area contributed by atoms with Crippen molar-refractivity contribution in [3.05, 3.63) is 64.2 Å². The first-order valence-corrected chi connectivity index (χ1v) is 14.2. The lowest BCUT2D eigenvalue weighted by atomic mass is 9.90. The van der Waals surface area contributed by atoms with Crippen LogP contribution in [-0.2, 0) is 21.0 Å². The third-order valence-electron chi connectivity index (χ3n) is 6.00.